The monoisotopic (exact) mass is 429 g/mol. The van der Waals surface area contributed by atoms with Gasteiger partial charge in [0.2, 0.25) is 5.91 Å². The summed E-state index contributed by atoms with van der Waals surface area (Å²) in [4.78, 5) is 26.9. The van der Waals surface area contributed by atoms with Gasteiger partial charge in [0.05, 0.1) is 12.6 Å². The molecule has 3 N–H and O–H groups in total. The maximum absolute atomic E-state index is 14.9. The van der Waals surface area contributed by atoms with E-state index < -0.39 is 41.1 Å². The maximum Gasteiger partial charge on any atom is 0.316 e. The molecule has 3 amide bonds. The van der Waals surface area contributed by atoms with Gasteiger partial charge in [-0.15, -0.1) is 0 Å². The molecule has 1 saturated carbocycles. The minimum absolute atomic E-state index is 0.00360. The summed E-state index contributed by atoms with van der Waals surface area (Å²) >= 11 is 0. The number of ether oxygens (including phenoxy) is 1. The number of nitrogens with two attached hydrogens (primary N) is 1. The van der Waals surface area contributed by atoms with Gasteiger partial charge in [0.1, 0.15) is 23.4 Å². The molecule has 2 fully saturated rings. The largest absolute Gasteiger partial charge is 0.497 e. The van der Waals surface area contributed by atoms with E-state index in [0.29, 0.717) is 12.8 Å². The third kappa shape index (κ3) is 3.49. The molecule has 1 aliphatic heterocycles. The van der Waals surface area contributed by atoms with Gasteiger partial charge >= 0.3 is 6.03 Å². The average molecular weight is 429 g/mol. The number of nitrogens with one attached hydrogen (secondary N) is 1. The fourth-order valence-electron chi connectivity index (χ4n) is 4.84. The second-order valence-corrected chi connectivity index (χ2v) is 8.42. The Balaban J connectivity index is 1.81. The summed E-state index contributed by atoms with van der Waals surface area (Å²) in [7, 11) is 1.31. The van der Waals surface area contributed by atoms with Crippen molar-refractivity contribution in [2.75, 3.05) is 13.7 Å². The molecule has 6 nitrogen and oxygen atoms in total. The first-order valence-corrected chi connectivity index (χ1v) is 10.2. The van der Waals surface area contributed by atoms with Gasteiger partial charge in [-0.3, -0.25) is 4.79 Å². The Morgan fingerprint density at radius 3 is 2.19 bits per heavy atom. The molecule has 164 valence electrons. The fourth-order valence-corrected chi connectivity index (χ4v) is 4.84. The summed E-state index contributed by atoms with van der Waals surface area (Å²) in [5.41, 5.74) is 7.66. The number of methoxy groups -OCH3 is 1. The molecule has 8 heteroatoms. The normalized spacial score (nSPS) is 21.5. The summed E-state index contributed by atoms with van der Waals surface area (Å²) in [5, 5.41) is 2.66. The van der Waals surface area contributed by atoms with E-state index in [1.165, 1.54) is 12.0 Å². The number of hydrogen-bond acceptors (Lipinski definition) is 3. The zero-order chi connectivity index (χ0) is 22.5. The van der Waals surface area contributed by atoms with Crippen molar-refractivity contribution in [1.29, 1.82) is 0 Å². The van der Waals surface area contributed by atoms with Crippen molar-refractivity contribution in [1.82, 2.24) is 10.2 Å². The Morgan fingerprint density at radius 2 is 1.71 bits per heavy atom. The SMILES string of the molecule is COc1cc(F)c([C@@H]2CNC(=O)[C@H]2N(C(N)=O)C2(c3cc(C)cc(C)c3)CC2)c(F)c1. The highest BCUT2D eigenvalue weighted by atomic mass is 19.1. The first-order valence-electron chi connectivity index (χ1n) is 10.2. The van der Waals surface area contributed by atoms with Crippen molar-refractivity contribution in [3.63, 3.8) is 0 Å². The van der Waals surface area contributed by atoms with Crippen LogP contribution in [0.15, 0.2) is 30.3 Å². The molecule has 2 atom stereocenters. The second kappa shape index (κ2) is 7.51. The van der Waals surface area contributed by atoms with Crippen LogP contribution < -0.4 is 15.8 Å². The molecule has 0 spiro atoms. The highest BCUT2D eigenvalue weighted by Gasteiger charge is 2.58. The van der Waals surface area contributed by atoms with Gasteiger partial charge in [-0.05, 0) is 32.3 Å². The van der Waals surface area contributed by atoms with E-state index in [-0.39, 0.29) is 17.9 Å². The van der Waals surface area contributed by atoms with E-state index in [1.54, 1.807) is 0 Å². The highest BCUT2D eigenvalue weighted by molar-refractivity contribution is 5.90. The third-order valence-electron chi connectivity index (χ3n) is 6.26. The van der Waals surface area contributed by atoms with Gasteiger partial charge in [-0.25, -0.2) is 13.6 Å². The van der Waals surface area contributed by atoms with E-state index >= 15 is 0 Å². The van der Waals surface area contributed by atoms with Crippen LogP contribution in [0.5, 0.6) is 5.75 Å². The first-order chi connectivity index (χ1) is 14.7. The molecule has 0 bridgehead atoms. The van der Waals surface area contributed by atoms with E-state index in [9.17, 15) is 18.4 Å². The zero-order valence-electron chi connectivity index (χ0n) is 17.7. The maximum atomic E-state index is 14.9. The number of rotatable bonds is 5. The molecule has 0 unspecified atom stereocenters. The van der Waals surface area contributed by atoms with E-state index in [2.05, 4.69) is 5.32 Å². The smallest absolute Gasteiger partial charge is 0.316 e. The minimum Gasteiger partial charge on any atom is -0.497 e. The standard InChI is InChI=1S/C23H25F2N3O3/c1-12-6-13(2)8-14(7-12)23(4-5-23)28(22(26)30)20-16(11-27-21(20)29)19-17(24)9-15(31-3)10-18(19)25/h6-10,16,20H,4-5,11H2,1-3H3,(H2,26,30)(H,27,29)/t16-,20-/m0/s1. The topological polar surface area (TPSA) is 84.7 Å². The molecular weight excluding hydrogens is 404 g/mol. The Bertz CT molecular complexity index is 1020. The molecule has 2 aliphatic rings. The first kappa shape index (κ1) is 21.1. The van der Waals surface area contributed by atoms with Crippen molar-refractivity contribution in [2.45, 2.75) is 44.2 Å². The number of nitrogens with zero attached hydrogens (tertiary/aromatic N) is 1. The number of benzene rings is 2. The summed E-state index contributed by atoms with van der Waals surface area (Å²) < 4.78 is 34.6. The lowest BCUT2D eigenvalue weighted by atomic mass is 9.89. The molecule has 4 rings (SSSR count). The molecule has 0 radical (unpaired) electrons. The number of carbonyl (C=O) groups is 2. The number of urea groups is 1. The van der Waals surface area contributed by atoms with E-state index in [0.717, 1.165) is 28.8 Å². The lowest BCUT2D eigenvalue weighted by Gasteiger charge is -2.37. The van der Waals surface area contributed by atoms with Crippen LogP contribution in [0.4, 0.5) is 13.6 Å². The van der Waals surface area contributed by atoms with Crippen LogP contribution in [0.3, 0.4) is 0 Å². The van der Waals surface area contributed by atoms with Crippen LogP contribution in [0, 0.1) is 25.5 Å². The van der Waals surface area contributed by atoms with Gasteiger partial charge < -0.3 is 20.7 Å². The number of halogens is 2. The van der Waals surface area contributed by atoms with Crippen molar-refractivity contribution in [3.05, 3.63) is 64.2 Å². The number of amides is 3. The number of hydrogen-bond donors (Lipinski definition) is 2. The quantitative estimate of drug-likeness (QED) is 0.765. The van der Waals surface area contributed by atoms with Crippen molar-refractivity contribution >= 4 is 11.9 Å². The van der Waals surface area contributed by atoms with Crippen LogP contribution in [0.25, 0.3) is 0 Å². The molecule has 1 aliphatic carbocycles. The average Bonchev–Trinajstić information content (AvgIpc) is 3.40. The Kier molecular flexibility index (Phi) is 5.11. The lowest BCUT2D eigenvalue weighted by Crippen LogP contribution is -2.54. The second-order valence-electron chi connectivity index (χ2n) is 8.42. The van der Waals surface area contributed by atoms with Crippen LogP contribution in [-0.4, -0.2) is 36.5 Å². The van der Waals surface area contributed by atoms with Gasteiger partial charge in [0.15, 0.2) is 0 Å². The molecule has 0 aromatic heterocycles. The summed E-state index contributed by atoms with van der Waals surface area (Å²) in [6.45, 7) is 3.90. The highest BCUT2D eigenvalue weighted by Crippen LogP contribution is 2.54. The van der Waals surface area contributed by atoms with Crippen LogP contribution in [0.1, 0.15) is 41.0 Å². The Morgan fingerprint density at radius 1 is 1.13 bits per heavy atom. The predicted octanol–water partition coefficient (Wildman–Crippen LogP) is 3.24. The fraction of sp³-hybridized carbons (Fsp3) is 0.391. The molecular formula is C23H25F2N3O3. The molecule has 2 aromatic carbocycles. The summed E-state index contributed by atoms with van der Waals surface area (Å²) in [5.74, 6) is -3.02. The summed E-state index contributed by atoms with van der Waals surface area (Å²) in [6.07, 6.45) is 1.23. The van der Waals surface area contributed by atoms with Gasteiger partial charge in [0, 0.05) is 30.2 Å². The molecule has 31 heavy (non-hydrogen) atoms. The van der Waals surface area contributed by atoms with Crippen molar-refractivity contribution in [3.8, 4) is 5.75 Å². The van der Waals surface area contributed by atoms with Crippen molar-refractivity contribution in [2.24, 2.45) is 5.73 Å². The lowest BCUT2D eigenvalue weighted by molar-refractivity contribution is -0.124. The van der Waals surface area contributed by atoms with Crippen LogP contribution >= 0.6 is 0 Å². The molecule has 1 heterocycles. The number of primary amides is 1. The third-order valence-corrected chi connectivity index (χ3v) is 6.26. The number of aryl methyl sites for hydroxylation is 2. The summed E-state index contributed by atoms with van der Waals surface area (Å²) in [6, 6.07) is 6.17. The van der Waals surface area contributed by atoms with Crippen LogP contribution in [-0.2, 0) is 10.3 Å². The van der Waals surface area contributed by atoms with Crippen molar-refractivity contribution < 1.29 is 23.1 Å². The Labute approximate surface area is 179 Å². The minimum atomic E-state index is -1.13. The van der Waals surface area contributed by atoms with Gasteiger partial charge in [-0.2, -0.15) is 0 Å². The zero-order valence-corrected chi connectivity index (χ0v) is 17.7. The molecule has 1 saturated heterocycles. The number of carbonyl (C=O) groups excluding carboxylic acids is 2. The van der Waals surface area contributed by atoms with Gasteiger partial charge in [0.25, 0.3) is 0 Å². The Hall–Kier alpha value is -3.16. The predicted molar refractivity (Wildman–Crippen MR) is 111 cm³/mol. The van der Waals surface area contributed by atoms with E-state index in [4.69, 9.17) is 10.5 Å². The van der Waals surface area contributed by atoms with Crippen LogP contribution in [0.2, 0.25) is 0 Å². The van der Waals surface area contributed by atoms with Gasteiger partial charge in [-0.1, -0.05) is 29.3 Å². The van der Waals surface area contributed by atoms with E-state index in [1.807, 2.05) is 32.0 Å². The molecule has 2 aromatic rings.